The van der Waals surface area contributed by atoms with Gasteiger partial charge in [0, 0.05) is 28.7 Å². The molecule has 0 saturated carbocycles. The van der Waals surface area contributed by atoms with Crippen molar-refractivity contribution in [1.82, 2.24) is 9.55 Å². The molecule has 0 radical (unpaired) electrons. The Morgan fingerprint density at radius 2 is 1.92 bits per heavy atom. The molecule has 0 aliphatic rings. The number of amides is 1. The minimum Gasteiger partial charge on any atom is -0.496 e. The van der Waals surface area contributed by atoms with Crippen LogP contribution < -0.4 is 10.5 Å². The van der Waals surface area contributed by atoms with Gasteiger partial charge >= 0.3 is 0 Å². The number of rotatable bonds is 3. The summed E-state index contributed by atoms with van der Waals surface area (Å²) in [6, 6.07) is 11.8. The van der Waals surface area contributed by atoms with E-state index in [4.69, 9.17) is 10.5 Å². The summed E-state index contributed by atoms with van der Waals surface area (Å²) in [4.78, 5) is 16.8. The Bertz CT molecular complexity index is 1180. The first-order valence-electron chi connectivity index (χ1n) is 8.36. The van der Waals surface area contributed by atoms with Gasteiger partial charge in [-0.15, -0.1) is 0 Å². The highest BCUT2D eigenvalue weighted by molar-refractivity contribution is 6.16. The van der Waals surface area contributed by atoms with E-state index in [2.05, 4.69) is 4.98 Å². The van der Waals surface area contributed by atoms with Crippen LogP contribution >= 0.6 is 0 Å². The lowest BCUT2D eigenvalue weighted by Gasteiger charge is -2.15. The highest BCUT2D eigenvalue weighted by Crippen LogP contribution is 2.34. The standard InChI is InChI=1S/C21H19N3O2/c1-12-8-9-17(26-3)13(2)19(12)24-11-16(20(22)25)18-15-7-5-4-6-14(15)10-23-21(18)24/h4-11H,1-3H3,(H2,22,25). The topological polar surface area (TPSA) is 70.1 Å². The predicted molar refractivity (Wildman–Crippen MR) is 103 cm³/mol. The summed E-state index contributed by atoms with van der Waals surface area (Å²) in [5.74, 6) is 0.318. The van der Waals surface area contributed by atoms with Gasteiger partial charge in [-0.1, -0.05) is 30.3 Å². The Kier molecular flexibility index (Phi) is 3.65. The van der Waals surface area contributed by atoms with E-state index in [-0.39, 0.29) is 0 Å². The van der Waals surface area contributed by atoms with Crippen molar-refractivity contribution < 1.29 is 9.53 Å². The molecule has 2 heterocycles. The fraction of sp³-hybridized carbons (Fsp3) is 0.143. The molecule has 2 N–H and O–H groups in total. The molecule has 0 aliphatic carbocycles. The van der Waals surface area contributed by atoms with Gasteiger partial charge in [-0.3, -0.25) is 9.36 Å². The third kappa shape index (κ3) is 2.24. The molecule has 0 unspecified atom stereocenters. The molecule has 26 heavy (non-hydrogen) atoms. The summed E-state index contributed by atoms with van der Waals surface area (Å²) < 4.78 is 7.41. The monoisotopic (exact) mass is 345 g/mol. The molecule has 0 atom stereocenters. The molecule has 5 nitrogen and oxygen atoms in total. The lowest BCUT2D eigenvalue weighted by atomic mass is 10.1. The van der Waals surface area contributed by atoms with Crippen LogP contribution in [0.1, 0.15) is 21.5 Å². The highest BCUT2D eigenvalue weighted by atomic mass is 16.5. The number of nitrogens with zero attached hydrogens (tertiary/aromatic N) is 2. The van der Waals surface area contributed by atoms with E-state index in [0.29, 0.717) is 11.2 Å². The molecule has 4 rings (SSSR count). The Hall–Kier alpha value is -3.34. The number of fused-ring (bicyclic) bond motifs is 3. The van der Waals surface area contributed by atoms with Crippen LogP contribution in [0.5, 0.6) is 5.75 Å². The number of pyridine rings is 1. The van der Waals surface area contributed by atoms with Crippen LogP contribution in [0, 0.1) is 13.8 Å². The van der Waals surface area contributed by atoms with E-state index in [1.807, 2.05) is 61.0 Å². The summed E-state index contributed by atoms with van der Waals surface area (Å²) in [7, 11) is 1.65. The maximum atomic E-state index is 12.2. The minimum atomic E-state index is -0.467. The highest BCUT2D eigenvalue weighted by Gasteiger charge is 2.20. The molecule has 1 amide bonds. The first-order valence-corrected chi connectivity index (χ1v) is 8.36. The van der Waals surface area contributed by atoms with Crippen LogP contribution in [0.2, 0.25) is 0 Å². The number of aromatic nitrogens is 2. The van der Waals surface area contributed by atoms with Gasteiger partial charge in [0.2, 0.25) is 0 Å². The third-order valence-corrected chi connectivity index (χ3v) is 4.84. The molecule has 4 aromatic rings. The van der Waals surface area contributed by atoms with Crippen molar-refractivity contribution >= 4 is 27.7 Å². The molecule has 5 heteroatoms. The first kappa shape index (κ1) is 16.1. The van der Waals surface area contributed by atoms with Gasteiger partial charge in [-0.25, -0.2) is 4.98 Å². The minimum absolute atomic E-state index is 0.464. The number of carbonyl (C=O) groups excluding carboxylic acids is 1. The number of carbonyl (C=O) groups is 1. The number of hydrogen-bond acceptors (Lipinski definition) is 3. The van der Waals surface area contributed by atoms with E-state index >= 15 is 0 Å². The number of methoxy groups -OCH3 is 1. The number of nitrogens with two attached hydrogens (primary N) is 1. The molecule has 0 spiro atoms. The van der Waals surface area contributed by atoms with Gasteiger partial charge in [-0.05, 0) is 30.9 Å². The zero-order chi connectivity index (χ0) is 18.4. The van der Waals surface area contributed by atoms with Gasteiger partial charge in [-0.2, -0.15) is 0 Å². The number of aryl methyl sites for hydroxylation is 1. The van der Waals surface area contributed by atoms with Crippen molar-refractivity contribution in [1.29, 1.82) is 0 Å². The van der Waals surface area contributed by atoms with Crippen molar-refractivity contribution in [2.75, 3.05) is 7.11 Å². The van der Waals surface area contributed by atoms with Crippen molar-refractivity contribution in [2.45, 2.75) is 13.8 Å². The van der Waals surface area contributed by atoms with E-state index in [1.54, 1.807) is 13.3 Å². The van der Waals surface area contributed by atoms with E-state index < -0.39 is 5.91 Å². The molecule has 2 aromatic carbocycles. The largest absolute Gasteiger partial charge is 0.496 e. The molecular weight excluding hydrogens is 326 g/mol. The van der Waals surface area contributed by atoms with Crippen molar-refractivity contribution in [3.8, 4) is 11.4 Å². The van der Waals surface area contributed by atoms with Crippen LogP contribution in [0.15, 0.2) is 48.8 Å². The summed E-state index contributed by atoms with van der Waals surface area (Å²) in [6.07, 6.45) is 3.60. The maximum absolute atomic E-state index is 12.2. The number of primary amides is 1. The fourth-order valence-electron chi connectivity index (χ4n) is 3.62. The number of ether oxygens (including phenoxy) is 1. The third-order valence-electron chi connectivity index (χ3n) is 4.84. The molecule has 0 bridgehead atoms. The Morgan fingerprint density at radius 3 is 2.65 bits per heavy atom. The summed E-state index contributed by atoms with van der Waals surface area (Å²) in [5.41, 5.74) is 9.85. The second-order valence-corrected chi connectivity index (χ2v) is 6.38. The maximum Gasteiger partial charge on any atom is 0.250 e. The molecule has 0 aliphatic heterocycles. The summed E-state index contributed by atoms with van der Waals surface area (Å²) in [6.45, 7) is 4.02. The zero-order valence-corrected chi connectivity index (χ0v) is 14.9. The van der Waals surface area contributed by atoms with Crippen LogP contribution in [-0.2, 0) is 0 Å². The average Bonchev–Trinajstić information content (AvgIpc) is 3.02. The first-order chi connectivity index (χ1) is 12.5. The Morgan fingerprint density at radius 1 is 1.15 bits per heavy atom. The van der Waals surface area contributed by atoms with Crippen LogP contribution in [-0.4, -0.2) is 22.6 Å². The normalized spacial score (nSPS) is 11.2. The Balaban J connectivity index is 2.17. The van der Waals surface area contributed by atoms with Crippen LogP contribution in [0.4, 0.5) is 0 Å². The summed E-state index contributed by atoms with van der Waals surface area (Å²) in [5, 5.41) is 2.71. The second kappa shape index (κ2) is 5.88. The van der Waals surface area contributed by atoms with E-state index in [0.717, 1.165) is 38.7 Å². The van der Waals surface area contributed by atoms with Gasteiger partial charge < -0.3 is 10.5 Å². The lowest BCUT2D eigenvalue weighted by molar-refractivity contribution is 0.100. The molecule has 0 saturated heterocycles. The summed E-state index contributed by atoms with van der Waals surface area (Å²) >= 11 is 0. The Labute approximate surface area is 151 Å². The second-order valence-electron chi connectivity index (χ2n) is 6.38. The van der Waals surface area contributed by atoms with E-state index in [1.165, 1.54) is 0 Å². The molecule has 2 aromatic heterocycles. The van der Waals surface area contributed by atoms with Gasteiger partial charge in [0.1, 0.15) is 11.4 Å². The smallest absolute Gasteiger partial charge is 0.250 e. The number of hydrogen-bond donors (Lipinski definition) is 1. The lowest BCUT2D eigenvalue weighted by Crippen LogP contribution is -2.10. The fourth-order valence-corrected chi connectivity index (χ4v) is 3.62. The van der Waals surface area contributed by atoms with Crippen LogP contribution in [0.3, 0.4) is 0 Å². The number of benzene rings is 2. The van der Waals surface area contributed by atoms with E-state index in [9.17, 15) is 4.79 Å². The zero-order valence-electron chi connectivity index (χ0n) is 14.9. The van der Waals surface area contributed by atoms with Crippen molar-refractivity contribution in [2.24, 2.45) is 5.73 Å². The van der Waals surface area contributed by atoms with Gasteiger partial charge in [0.05, 0.1) is 18.4 Å². The molecule has 0 fully saturated rings. The van der Waals surface area contributed by atoms with Crippen LogP contribution in [0.25, 0.3) is 27.5 Å². The van der Waals surface area contributed by atoms with Gasteiger partial charge in [0.15, 0.2) is 0 Å². The van der Waals surface area contributed by atoms with Crippen molar-refractivity contribution in [3.63, 3.8) is 0 Å². The quantitative estimate of drug-likeness (QED) is 0.612. The van der Waals surface area contributed by atoms with Crippen molar-refractivity contribution in [3.05, 3.63) is 65.5 Å². The predicted octanol–water partition coefficient (Wildman–Crippen LogP) is 3.90. The molecular formula is C21H19N3O2. The SMILES string of the molecule is COc1ccc(C)c(-n2cc(C(N)=O)c3c4ccccc4cnc32)c1C. The average molecular weight is 345 g/mol. The molecule has 130 valence electrons. The van der Waals surface area contributed by atoms with Gasteiger partial charge in [0.25, 0.3) is 5.91 Å².